The quantitative estimate of drug-likeness (QED) is 0.758. The monoisotopic (exact) mass is 351 g/mol. The van der Waals surface area contributed by atoms with Gasteiger partial charge in [-0.05, 0) is 36.6 Å². The highest BCUT2D eigenvalue weighted by Gasteiger charge is 2.25. The maximum Gasteiger partial charge on any atom is 0.264 e. The number of hydrogen-bond acceptors (Lipinski definition) is 2. The standard InChI is InChI=1S/C21H21NO2S/c1-17-8-12-21(13-9-17)25(23,24)22-15-18(2)14-20(16-22)11-10-19-6-4-3-5-7-19/h3-13,16H,2,14-15H2,1H3/b11-10+. The zero-order valence-corrected chi connectivity index (χ0v) is 15.0. The largest absolute Gasteiger partial charge is 0.269 e. The molecular formula is C21H21NO2S. The molecule has 1 heterocycles. The van der Waals surface area contributed by atoms with Gasteiger partial charge in [0.1, 0.15) is 0 Å². The first kappa shape index (κ1) is 17.2. The van der Waals surface area contributed by atoms with Crippen LogP contribution in [0.25, 0.3) is 6.08 Å². The first-order valence-corrected chi connectivity index (χ1v) is 9.58. The molecule has 0 spiro atoms. The van der Waals surface area contributed by atoms with Gasteiger partial charge in [0.2, 0.25) is 0 Å². The third kappa shape index (κ3) is 4.09. The SMILES string of the molecule is C=C1CC(/C=C/c2ccccc2)=CN(S(=O)(=O)c2ccc(C)cc2)C1. The fraction of sp³-hybridized carbons (Fsp3) is 0.143. The molecule has 25 heavy (non-hydrogen) atoms. The molecule has 4 heteroatoms. The third-order valence-corrected chi connectivity index (χ3v) is 5.78. The number of sulfonamides is 1. The summed E-state index contributed by atoms with van der Waals surface area (Å²) in [6, 6.07) is 16.9. The van der Waals surface area contributed by atoms with Crippen LogP contribution in [0.3, 0.4) is 0 Å². The van der Waals surface area contributed by atoms with E-state index in [-0.39, 0.29) is 0 Å². The van der Waals surface area contributed by atoms with E-state index >= 15 is 0 Å². The van der Waals surface area contributed by atoms with Gasteiger partial charge in [-0.15, -0.1) is 0 Å². The number of allylic oxidation sites excluding steroid dienone is 2. The molecule has 2 aromatic carbocycles. The van der Waals surface area contributed by atoms with Crippen LogP contribution in [-0.2, 0) is 10.0 Å². The molecule has 3 rings (SSSR count). The Bertz CT molecular complexity index is 924. The molecule has 0 aromatic heterocycles. The Morgan fingerprint density at radius 3 is 2.36 bits per heavy atom. The van der Waals surface area contributed by atoms with E-state index < -0.39 is 10.0 Å². The van der Waals surface area contributed by atoms with Crippen molar-refractivity contribution in [2.45, 2.75) is 18.2 Å². The van der Waals surface area contributed by atoms with Gasteiger partial charge < -0.3 is 0 Å². The van der Waals surface area contributed by atoms with Gasteiger partial charge in [0, 0.05) is 6.20 Å². The Morgan fingerprint density at radius 2 is 1.68 bits per heavy atom. The maximum atomic E-state index is 12.9. The summed E-state index contributed by atoms with van der Waals surface area (Å²) in [4.78, 5) is 0.301. The van der Waals surface area contributed by atoms with Gasteiger partial charge in [0.25, 0.3) is 10.0 Å². The molecule has 0 aliphatic carbocycles. The van der Waals surface area contributed by atoms with Crippen molar-refractivity contribution in [2.75, 3.05) is 6.54 Å². The van der Waals surface area contributed by atoms with Crippen molar-refractivity contribution in [1.29, 1.82) is 0 Å². The number of rotatable bonds is 4. The molecule has 0 N–H and O–H groups in total. The molecule has 0 atom stereocenters. The Morgan fingerprint density at radius 1 is 1.00 bits per heavy atom. The number of benzene rings is 2. The fourth-order valence-electron chi connectivity index (χ4n) is 2.71. The zero-order chi connectivity index (χ0) is 17.9. The van der Waals surface area contributed by atoms with Crippen LogP contribution >= 0.6 is 0 Å². The molecule has 0 fully saturated rings. The molecule has 0 saturated carbocycles. The molecule has 0 bridgehead atoms. The van der Waals surface area contributed by atoms with Crippen molar-refractivity contribution in [1.82, 2.24) is 4.31 Å². The van der Waals surface area contributed by atoms with Gasteiger partial charge in [0.05, 0.1) is 11.4 Å². The first-order chi connectivity index (χ1) is 11.9. The Kier molecular flexibility index (Phi) is 4.91. The molecule has 0 amide bonds. The summed E-state index contributed by atoms with van der Waals surface area (Å²) < 4.78 is 27.1. The van der Waals surface area contributed by atoms with E-state index in [0.29, 0.717) is 17.9 Å². The molecule has 0 radical (unpaired) electrons. The van der Waals surface area contributed by atoms with Crippen LogP contribution in [0.1, 0.15) is 17.5 Å². The van der Waals surface area contributed by atoms with E-state index in [1.54, 1.807) is 18.3 Å². The molecule has 2 aromatic rings. The van der Waals surface area contributed by atoms with E-state index in [1.807, 2.05) is 61.5 Å². The highest BCUT2D eigenvalue weighted by Crippen LogP contribution is 2.26. The van der Waals surface area contributed by atoms with Crippen molar-refractivity contribution < 1.29 is 8.42 Å². The first-order valence-electron chi connectivity index (χ1n) is 8.14. The Balaban J connectivity index is 1.89. The van der Waals surface area contributed by atoms with E-state index in [2.05, 4.69) is 6.58 Å². The lowest BCUT2D eigenvalue weighted by atomic mass is 10.0. The lowest BCUT2D eigenvalue weighted by Gasteiger charge is -2.27. The number of nitrogens with zero attached hydrogens (tertiary/aromatic N) is 1. The van der Waals surface area contributed by atoms with E-state index in [9.17, 15) is 8.42 Å². The highest BCUT2D eigenvalue weighted by molar-refractivity contribution is 7.89. The normalized spacial score (nSPS) is 15.5. The Labute approximate surface area is 149 Å². The molecule has 0 unspecified atom stereocenters. The lowest BCUT2D eigenvalue weighted by molar-refractivity contribution is 0.506. The average Bonchev–Trinajstić information content (AvgIpc) is 2.61. The highest BCUT2D eigenvalue weighted by atomic mass is 32.2. The van der Waals surface area contributed by atoms with E-state index in [4.69, 9.17) is 0 Å². The topological polar surface area (TPSA) is 37.4 Å². The molecule has 1 aliphatic heterocycles. The number of hydrogen-bond donors (Lipinski definition) is 0. The van der Waals surface area contributed by atoms with Gasteiger partial charge >= 0.3 is 0 Å². The van der Waals surface area contributed by atoms with Crippen molar-refractivity contribution in [2.24, 2.45) is 0 Å². The summed E-state index contributed by atoms with van der Waals surface area (Å²) in [5, 5.41) is 0. The summed E-state index contributed by atoms with van der Waals surface area (Å²) in [7, 11) is -3.57. The summed E-state index contributed by atoms with van der Waals surface area (Å²) in [5.41, 5.74) is 3.92. The minimum Gasteiger partial charge on any atom is -0.269 e. The van der Waals surface area contributed by atoms with Gasteiger partial charge in [-0.3, -0.25) is 4.31 Å². The van der Waals surface area contributed by atoms with Crippen molar-refractivity contribution in [3.05, 3.63) is 95.7 Å². The van der Waals surface area contributed by atoms with Crippen LogP contribution in [0.5, 0.6) is 0 Å². The smallest absolute Gasteiger partial charge is 0.264 e. The fourth-order valence-corrected chi connectivity index (χ4v) is 4.09. The second-order valence-corrected chi connectivity index (χ2v) is 8.13. The van der Waals surface area contributed by atoms with Crippen molar-refractivity contribution in [3.8, 4) is 0 Å². The van der Waals surface area contributed by atoms with Gasteiger partial charge in [-0.25, -0.2) is 8.42 Å². The van der Waals surface area contributed by atoms with Crippen LogP contribution in [0.15, 0.2) is 89.5 Å². The van der Waals surface area contributed by atoms with Crippen molar-refractivity contribution in [3.63, 3.8) is 0 Å². The van der Waals surface area contributed by atoms with Gasteiger partial charge in [0.15, 0.2) is 0 Å². The second kappa shape index (κ2) is 7.11. The van der Waals surface area contributed by atoms with E-state index in [0.717, 1.165) is 22.3 Å². The Hall–Kier alpha value is -2.59. The molecule has 0 saturated heterocycles. The third-order valence-electron chi connectivity index (χ3n) is 4.06. The van der Waals surface area contributed by atoms with Crippen molar-refractivity contribution >= 4 is 16.1 Å². The summed E-state index contributed by atoms with van der Waals surface area (Å²) in [6.45, 7) is 6.26. The van der Waals surface area contributed by atoms with Crippen LogP contribution in [-0.4, -0.2) is 19.3 Å². The van der Waals surface area contributed by atoms with Crippen LogP contribution in [0, 0.1) is 6.92 Å². The zero-order valence-electron chi connectivity index (χ0n) is 14.2. The van der Waals surface area contributed by atoms with Gasteiger partial charge in [-0.2, -0.15) is 0 Å². The summed E-state index contributed by atoms with van der Waals surface area (Å²) >= 11 is 0. The lowest BCUT2D eigenvalue weighted by Crippen LogP contribution is -2.30. The minimum absolute atomic E-state index is 0.301. The predicted octanol–water partition coefficient (Wildman–Crippen LogP) is 4.54. The summed E-state index contributed by atoms with van der Waals surface area (Å²) in [6.07, 6.45) is 6.34. The minimum atomic E-state index is -3.57. The van der Waals surface area contributed by atoms with Gasteiger partial charge in [-0.1, -0.05) is 72.3 Å². The molecule has 128 valence electrons. The molecule has 3 nitrogen and oxygen atoms in total. The average molecular weight is 351 g/mol. The van der Waals surface area contributed by atoms with Crippen LogP contribution < -0.4 is 0 Å². The number of aryl methyl sites for hydroxylation is 1. The summed E-state index contributed by atoms with van der Waals surface area (Å²) in [5.74, 6) is 0. The van der Waals surface area contributed by atoms with E-state index in [1.165, 1.54) is 4.31 Å². The van der Waals surface area contributed by atoms with Crippen LogP contribution in [0.4, 0.5) is 0 Å². The molecular weight excluding hydrogens is 330 g/mol. The predicted molar refractivity (Wildman–Crippen MR) is 102 cm³/mol. The molecule has 1 aliphatic rings. The second-order valence-electron chi connectivity index (χ2n) is 6.24. The maximum absolute atomic E-state index is 12.9. The van der Waals surface area contributed by atoms with Crippen LogP contribution in [0.2, 0.25) is 0 Å².